The van der Waals surface area contributed by atoms with Crippen molar-refractivity contribution in [3.05, 3.63) is 131 Å². The van der Waals surface area contributed by atoms with Crippen molar-refractivity contribution in [1.82, 2.24) is 0 Å². The molecule has 0 saturated heterocycles. The average molecular weight is 557 g/mol. The summed E-state index contributed by atoms with van der Waals surface area (Å²) >= 11 is 0. The number of nitrogens with one attached hydrogen (secondary N) is 1. The van der Waals surface area contributed by atoms with Gasteiger partial charge in [0.15, 0.2) is 0 Å². The van der Waals surface area contributed by atoms with E-state index in [1.54, 1.807) is 24.3 Å². The standard InChI is InChI=1S/C36H32N2O4/c1-42-35(41)28-19-20-36(24-28)21-22-38(32-14-8-5-11-27(32)23-36)34(40)26-15-17-29(18-16-26)37-33(39)31-13-7-6-12-30(31)25-9-3-2-4-10-25/h2-18,24H,19-23H2,1H3,(H,37,39). The van der Waals surface area contributed by atoms with Crippen LogP contribution in [0.2, 0.25) is 0 Å². The first-order valence-corrected chi connectivity index (χ1v) is 14.2. The number of allylic oxidation sites excluding steroid dienone is 1. The largest absolute Gasteiger partial charge is 0.466 e. The van der Waals surface area contributed by atoms with Gasteiger partial charge in [0.1, 0.15) is 0 Å². The average Bonchev–Trinajstić information content (AvgIpc) is 3.38. The number of para-hydroxylation sites is 1. The summed E-state index contributed by atoms with van der Waals surface area (Å²) in [6, 6.07) is 32.4. The van der Waals surface area contributed by atoms with Crippen LogP contribution in [0.15, 0.2) is 115 Å². The Kier molecular flexibility index (Phi) is 7.44. The third-order valence-electron chi connectivity index (χ3n) is 8.37. The molecule has 1 unspecified atom stereocenters. The zero-order valence-corrected chi connectivity index (χ0v) is 23.5. The van der Waals surface area contributed by atoms with Gasteiger partial charge >= 0.3 is 5.97 Å². The number of nitrogens with zero attached hydrogens (tertiary/aromatic N) is 1. The molecule has 6 rings (SSSR count). The van der Waals surface area contributed by atoms with Gasteiger partial charge in [0, 0.05) is 34.6 Å². The molecule has 1 aliphatic heterocycles. The molecule has 1 atom stereocenters. The molecule has 0 fully saturated rings. The maximum absolute atomic E-state index is 13.8. The first-order chi connectivity index (χ1) is 20.5. The molecule has 4 aromatic rings. The van der Waals surface area contributed by atoms with E-state index in [1.807, 2.05) is 77.7 Å². The van der Waals surface area contributed by atoms with E-state index in [1.165, 1.54) is 7.11 Å². The SMILES string of the molecule is COC(=O)C1=CC2(CC1)CCN(C(=O)c1ccc(NC(=O)c3ccccc3-c3ccccc3)cc1)c1ccccc1C2. The summed E-state index contributed by atoms with van der Waals surface area (Å²) in [6.45, 7) is 0.537. The second-order valence-corrected chi connectivity index (χ2v) is 11.0. The van der Waals surface area contributed by atoms with Crippen LogP contribution >= 0.6 is 0 Å². The second kappa shape index (κ2) is 11.5. The van der Waals surface area contributed by atoms with Crippen LogP contribution in [0.5, 0.6) is 0 Å². The summed E-state index contributed by atoms with van der Waals surface area (Å²) in [5.41, 5.74) is 6.09. The fourth-order valence-electron chi connectivity index (χ4n) is 6.18. The van der Waals surface area contributed by atoms with Crippen molar-refractivity contribution in [3.63, 3.8) is 0 Å². The highest BCUT2D eigenvalue weighted by molar-refractivity contribution is 6.10. The first-order valence-electron chi connectivity index (χ1n) is 14.2. The lowest BCUT2D eigenvalue weighted by atomic mass is 9.79. The van der Waals surface area contributed by atoms with Gasteiger partial charge in [0.2, 0.25) is 0 Å². The molecule has 1 spiro atoms. The topological polar surface area (TPSA) is 75.7 Å². The molecular formula is C36H32N2O4. The first kappa shape index (κ1) is 27.2. The number of hydrogen-bond donors (Lipinski definition) is 1. The number of ether oxygens (including phenoxy) is 1. The van der Waals surface area contributed by atoms with E-state index in [2.05, 4.69) is 17.5 Å². The molecule has 1 aliphatic carbocycles. The fraction of sp³-hybridized carbons (Fsp3) is 0.194. The highest BCUT2D eigenvalue weighted by Crippen LogP contribution is 2.46. The van der Waals surface area contributed by atoms with Gasteiger partial charge in [-0.05, 0) is 84.2 Å². The van der Waals surface area contributed by atoms with Crippen LogP contribution in [-0.4, -0.2) is 31.4 Å². The number of hydrogen-bond acceptors (Lipinski definition) is 4. The molecule has 1 N–H and O–H groups in total. The quantitative estimate of drug-likeness (QED) is 0.267. The minimum absolute atomic E-state index is 0.0954. The Labute approximate surface area is 245 Å². The smallest absolute Gasteiger partial charge is 0.333 e. The van der Waals surface area contributed by atoms with Gasteiger partial charge in [-0.1, -0.05) is 72.8 Å². The molecular weight excluding hydrogens is 524 g/mol. The highest BCUT2D eigenvalue weighted by atomic mass is 16.5. The fourth-order valence-corrected chi connectivity index (χ4v) is 6.18. The Hall–Kier alpha value is -4.97. The lowest BCUT2D eigenvalue weighted by Crippen LogP contribution is -2.33. The van der Waals surface area contributed by atoms with Gasteiger partial charge in [-0.2, -0.15) is 0 Å². The van der Waals surface area contributed by atoms with Gasteiger partial charge in [-0.25, -0.2) is 4.79 Å². The number of rotatable bonds is 5. The zero-order chi connectivity index (χ0) is 29.1. The van der Waals surface area contributed by atoms with E-state index in [9.17, 15) is 14.4 Å². The van der Waals surface area contributed by atoms with Crippen molar-refractivity contribution >= 4 is 29.2 Å². The molecule has 1 heterocycles. The van der Waals surface area contributed by atoms with Crippen molar-refractivity contribution in [1.29, 1.82) is 0 Å². The Morgan fingerprint density at radius 2 is 1.52 bits per heavy atom. The molecule has 0 aromatic heterocycles. The van der Waals surface area contributed by atoms with E-state index >= 15 is 0 Å². The van der Waals surface area contributed by atoms with E-state index in [-0.39, 0.29) is 23.2 Å². The predicted molar refractivity (Wildman–Crippen MR) is 164 cm³/mol. The minimum Gasteiger partial charge on any atom is -0.466 e. The summed E-state index contributed by atoms with van der Waals surface area (Å²) in [5.74, 6) is -0.578. The lowest BCUT2D eigenvalue weighted by Gasteiger charge is -2.26. The zero-order valence-electron chi connectivity index (χ0n) is 23.5. The summed E-state index contributed by atoms with van der Waals surface area (Å²) < 4.78 is 4.97. The monoisotopic (exact) mass is 556 g/mol. The van der Waals surface area contributed by atoms with Crippen LogP contribution in [0.25, 0.3) is 11.1 Å². The van der Waals surface area contributed by atoms with Crippen molar-refractivity contribution < 1.29 is 19.1 Å². The number of anilines is 2. The Bertz CT molecular complexity index is 1680. The second-order valence-electron chi connectivity index (χ2n) is 11.0. The van der Waals surface area contributed by atoms with Gasteiger partial charge in [0.25, 0.3) is 11.8 Å². The molecule has 2 aliphatic rings. The van der Waals surface area contributed by atoms with Crippen molar-refractivity contribution in [2.75, 3.05) is 23.9 Å². The Balaban J connectivity index is 1.21. The molecule has 4 aromatic carbocycles. The minimum atomic E-state index is -0.270. The van der Waals surface area contributed by atoms with E-state index < -0.39 is 0 Å². The summed E-state index contributed by atoms with van der Waals surface area (Å²) in [6.07, 6.45) is 5.14. The van der Waals surface area contributed by atoms with Crippen LogP contribution in [-0.2, 0) is 16.0 Å². The summed E-state index contributed by atoms with van der Waals surface area (Å²) in [5, 5.41) is 2.98. The normalized spacial score (nSPS) is 17.6. The van der Waals surface area contributed by atoms with E-state index in [0.717, 1.165) is 47.2 Å². The van der Waals surface area contributed by atoms with Crippen LogP contribution < -0.4 is 10.2 Å². The lowest BCUT2D eigenvalue weighted by molar-refractivity contribution is -0.136. The maximum atomic E-state index is 13.8. The molecule has 42 heavy (non-hydrogen) atoms. The van der Waals surface area contributed by atoms with Gasteiger partial charge < -0.3 is 15.0 Å². The molecule has 0 bridgehead atoms. The third kappa shape index (κ3) is 5.36. The third-order valence-corrected chi connectivity index (χ3v) is 8.37. The van der Waals surface area contributed by atoms with E-state index in [0.29, 0.717) is 29.8 Å². The molecule has 6 heteroatoms. The Morgan fingerprint density at radius 3 is 2.31 bits per heavy atom. The van der Waals surface area contributed by atoms with Crippen LogP contribution in [0, 0.1) is 5.41 Å². The molecule has 6 nitrogen and oxygen atoms in total. The van der Waals surface area contributed by atoms with E-state index in [4.69, 9.17) is 4.74 Å². The van der Waals surface area contributed by atoms with Crippen molar-refractivity contribution in [2.45, 2.75) is 25.7 Å². The molecule has 0 radical (unpaired) electrons. The summed E-state index contributed by atoms with van der Waals surface area (Å²) in [7, 11) is 1.41. The van der Waals surface area contributed by atoms with Crippen LogP contribution in [0.3, 0.4) is 0 Å². The molecule has 210 valence electrons. The van der Waals surface area contributed by atoms with Crippen molar-refractivity contribution in [2.24, 2.45) is 5.41 Å². The predicted octanol–water partition coefficient (Wildman–Crippen LogP) is 7.08. The number of methoxy groups -OCH3 is 1. The van der Waals surface area contributed by atoms with Gasteiger partial charge in [0.05, 0.1) is 7.11 Å². The number of carbonyl (C=O) groups excluding carboxylic acids is 3. The Morgan fingerprint density at radius 1 is 0.810 bits per heavy atom. The summed E-state index contributed by atoms with van der Waals surface area (Å²) in [4.78, 5) is 41.1. The number of esters is 1. The number of amides is 2. The number of benzene rings is 4. The van der Waals surface area contributed by atoms with Crippen LogP contribution in [0.1, 0.15) is 45.5 Å². The van der Waals surface area contributed by atoms with Gasteiger partial charge in [-0.15, -0.1) is 0 Å². The van der Waals surface area contributed by atoms with Crippen LogP contribution in [0.4, 0.5) is 11.4 Å². The maximum Gasteiger partial charge on any atom is 0.333 e. The molecule has 2 amide bonds. The molecule has 0 saturated carbocycles. The van der Waals surface area contributed by atoms with Gasteiger partial charge in [-0.3, -0.25) is 9.59 Å². The highest BCUT2D eigenvalue weighted by Gasteiger charge is 2.39. The number of fused-ring (bicyclic) bond motifs is 1. The van der Waals surface area contributed by atoms with Crippen molar-refractivity contribution in [3.8, 4) is 11.1 Å². The number of carbonyl (C=O) groups is 3.